The maximum Gasteiger partial charge on any atom is 0.0882 e. The summed E-state index contributed by atoms with van der Waals surface area (Å²) in [5.41, 5.74) is 1.44. The van der Waals surface area contributed by atoms with Crippen molar-refractivity contribution in [2.75, 3.05) is 0 Å². The van der Waals surface area contributed by atoms with E-state index >= 15 is 0 Å². The number of rotatable bonds is 6. The van der Waals surface area contributed by atoms with Gasteiger partial charge in [-0.05, 0) is 42.2 Å². The lowest BCUT2D eigenvalue weighted by molar-refractivity contribution is 0.170. The van der Waals surface area contributed by atoms with Crippen LogP contribution in [0.1, 0.15) is 74.8 Å². The van der Waals surface area contributed by atoms with Gasteiger partial charge in [-0.1, -0.05) is 45.4 Å². The van der Waals surface area contributed by atoms with E-state index in [-0.39, 0.29) is 6.10 Å². The molecule has 2 rings (SSSR count). The largest absolute Gasteiger partial charge is 0.388 e. The molecule has 0 amide bonds. The Morgan fingerprint density at radius 2 is 2.11 bits per heavy atom. The number of thiophene rings is 1. The second kappa shape index (κ2) is 7.30. The summed E-state index contributed by atoms with van der Waals surface area (Å²) in [5, 5.41) is 12.2. The highest BCUT2D eigenvalue weighted by Crippen LogP contribution is 2.30. The summed E-state index contributed by atoms with van der Waals surface area (Å²) in [7, 11) is 0. The zero-order valence-electron chi connectivity index (χ0n) is 11.5. The monoisotopic (exact) mass is 266 g/mol. The summed E-state index contributed by atoms with van der Waals surface area (Å²) in [6.07, 6.45) is 11.5. The molecule has 0 radical (unpaired) electrons. The Hall–Kier alpha value is -0.340. The number of aryl methyl sites for hydroxylation is 1. The first-order valence-corrected chi connectivity index (χ1v) is 8.43. The van der Waals surface area contributed by atoms with Crippen molar-refractivity contribution >= 4 is 11.3 Å². The molecule has 0 saturated heterocycles. The zero-order chi connectivity index (χ0) is 12.8. The van der Waals surface area contributed by atoms with Gasteiger partial charge in [0, 0.05) is 4.88 Å². The van der Waals surface area contributed by atoms with Gasteiger partial charge < -0.3 is 5.11 Å². The molecule has 0 aromatic carbocycles. The van der Waals surface area contributed by atoms with E-state index in [0.29, 0.717) is 0 Å². The lowest BCUT2D eigenvalue weighted by atomic mass is 9.85. The Labute approximate surface area is 115 Å². The van der Waals surface area contributed by atoms with Gasteiger partial charge in [0.15, 0.2) is 0 Å². The third-order valence-corrected chi connectivity index (χ3v) is 5.21. The Bertz CT molecular complexity index is 339. The highest BCUT2D eigenvalue weighted by Gasteiger charge is 2.14. The first-order chi connectivity index (χ1) is 8.79. The summed E-state index contributed by atoms with van der Waals surface area (Å²) in [6.45, 7) is 2.13. The van der Waals surface area contributed by atoms with E-state index < -0.39 is 0 Å². The van der Waals surface area contributed by atoms with Gasteiger partial charge in [-0.3, -0.25) is 0 Å². The Morgan fingerprint density at radius 1 is 1.33 bits per heavy atom. The molecular formula is C16H26OS. The quantitative estimate of drug-likeness (QED) is 0.760. The molecule has 1 aromatic rings. The minimum absolute atomic E-state index is 0.233. The molecule has 1 unspecified atom stereocenters. The van der Waals surface area contributed by atoms with Crippen LogP contribution in [0.2, 0.25) is 0 Å². The van der Waals surface area contributed by atoms with Crippen LogP contribution in [0.3, 0.4) is 0 Å². The summed E-state index contributed by atoms with van der Waals surface area (Å²) in [5.74, 6) is 0.961. The molecule has 1 fully saturated rings. The van der Waals surface area contributed by atoms with Crippen LogP contribution in [-0.2, 0) is 6.42 Å². The van der Waals surface area contributed by atoms with Crippen molar-refractivity contribution in [1.82, 2.24) is 0 Å². The van der Waals surface area contributed by atoms with Crippen molar-refractivity contribution in [3.05, 3.63) is 21.9 Å². The predicted octanol–water partition coefficient (Wildman–Crippen LogP) is 5.09. The zero-order valence-corrected chi connectivity index (χ0v) is 12.3. The Kier molecular flexibility index (Phi) is 5.71. The standard InChI is InChI=1S/C16H26OS/c1-2-6-15(17)16-11-14(12-18-16)10-9-13-7-4-3-5-8-13/h11-13,15,17H,2-10H2,1H3. The molecule has 102 valence electrons. The number of aliphatic hydroxyl groups is 1. The maximum absolute atomic E-state index is 9.96. The van der Waals surface area contributed by atoms with Gasteiger partial charge in [0.1, 0.15) is 0 Å². The molecule has 1 nitrogen and oxygen atoms in total. The molecule has 0 bridgehead atoms. The third-order valence-electron chi connectivity index (χ3n) is 4.13. The minimum Gasteiger partial charge on any atom is -0.388 e. The Morgan fingerprint density at radius 3 is 2.83 bits per heavy atom. The van der Waals surface area contributed by atoms with Gasteiger partial charge in [0.25, 0.3) is 0 Å². The van der Waals surface area contributed by atoms with Gasteiger partial charge >= 0.3 is 0 Å². The molecule has 1 aliphatic carbocycles. The van der Waals surface area contributed by atoms with Gasteiger partial charge in [-0.15, -0.1) is 11.3 Å². The topological polar surface area (TPSA) is 20.2 Å². The lowest BCUT2D eigenvalue weighted by Gasteiger charge is -2.20. The van der Waals surface area contributed by atoms with Crippen molar-refractivity contribution in [1.29, 1.82) is 0 Å². The molecule has 1 heterocycles. The van der Waals surface area contributed by atoms with Crippen LogP contribution in [0.15, 0.2) is 11.4 Å². The fraction of sp³-hybridized carbons (Fsp3) is 0.750. The van der Waals surface area contributed by atoms with Gasteiger partial charge in [0.05, 0.1) is 6.10 Å². The predicted molar refractivity (Wildman–Crippen MR) is 79.1 cm³/mol. The smallest absolute Gasteiger partial charge is 0.0882 e. The van der Waals surface area contributed by atoms with E-state index in [9.17, 15) is 5.11 Å². The van der Waals surface area contributed by atoms with E-state index in [4.69, 9.17) is 0 Å². The van der Waals surface area contributed by atoms with Crippen LogP contribution < -0.4 is 0 Å². The molecule has 1 N–H and O–H groups in total. The van der Waals surface area contributed by atoms with Gasteiger partial charge in [0.2, 0.25) is 0 Å². The van der Waals surface area contributed by atoms with E-state index in [1.165, 1.54) is 50.5 Å². The number of aliphatic hydroxyl groups excluding tert-OH is 1. The molecule has 2 heteroatoms. The summed E-state index contributed by atoms with van der Waals surface area (Å²) in [6, 6.07) is 2.23. The van der Waals surface area contributed by atoms with Crippen molar-refractivity contribution in [2.24, 2.45) is 5.92 Å². The normalized spacial score (nSPS) is 19.0. The molecule has 1 atom stereocenters. The first kappa shape index (κ1) is 14.1. The molecule has 0 spiro atoms. The Balaban J connectivity index is 1.79. The number of hydrogen-bond acceptors (Lipinski definition) is 2. The average molecular weight is 266 g/mol. The van der Waals surface area contributed by atoms with E-state index in [1.54, 1.807) is 11.3 Å². The van der Waals surface area contributed by atoms with E-state index in [1.807, 2.05) is 0 Å². The second-order valence-electron chi connectivity index (χ2n) is 5.70. The van der Waals surface area contributed by atoms with Crippen molar-refractivity contribution in [3.8, 4) is 0 Å². The van der Waals surface area contributed by atoms with Crippen molar-refractivity contribution in [3.63, 3.8) is 0 Å². The summed E-state index contributed by atoms with van der Waals surface area (Å²) in [4.78, 5) is 1.16. The average Bonchev–Trinajstić information content (AvgIpc) is 2.87. The van der Waals surface area contributed by atoms with E-state index in [0.717, 1.165) is 23.6 Å². The fourth-order valence-electron chi connectivity index (χ4n) is 2.96. The van der Waals surface area contributed by atoms with Gasteiger partial charge in [-0.25, -0.2) is 0 Å². The second-order valence-corrected chi connectivity index (χ2v) is 6.65. The molecule has 1 aliphatic rings. The third kappa shape index (κ3) is 4.10. The minimum atomic E-state index is -0.233. The van der Waals surface area contributed by atoms with E-state index in [2.05, 4.69) is 18.4 Å². The first-order valence-electron chi connectivity index (χ1n) is 7.55. The van der Waals surface area contributed by atoms with Crippen LogP contribution in [0.25, 0.3) is 0 Å². The molecule has 1 aromatic heterocycles. The van der Waals surface area contributed by atoms with Crippen LogP contribution in [-0.4, -0.2) is 5.11 Å². The molecule has 0 aliphatic heterocycles. The fourth-order valence-corrected chi connectivity index (χ4v) is 3.93. The molecular weight excluding hydrogens is 240 g/mol. The highest BCUT2D eigenvalue weighted by atomic mass is 32.1. The van der Waals surface area contributed by atoms with Crippen LogP contribution in [0, 0.1) is 5.92 Å². The molecule has 18 heavy (non-hydrogen) atoms. The number of hydrogen-bond donors (Lipinski definition) is 1. The van der Waals surface area contributed by atoms with Crippen LogP contribution in [0.4, 0.5) is 0 Å². The van der Waals surface area contributed by atoms with Gasteiger partial charge in [-0.2, -0.15) is 0 Å². The summed E-state index contributed by atoms with van der Waals surface area (Å²) >= 11 is 1.73. The SMILES string of the molecule is CCCC(O)c1cc(CCC2CCCCC2)cs1. The van der Waals surface area contributed by atoms with Crippen molar-refractivity contribution < 1.29 is 5.11 Å². The summed E-state index contributed by atoms with van der Waals surface area (Å²) < 4.78 is 0. The molecule has 1 saturated carbocycles. The maximum atomic E-state index is 9.96. The highest BCUT2D eigenvalue weighted by molar-refractivity contribution is 7.10. The van der Waals surface area contributed by atoms with Crippen molar-refractivity contribution in [2.45, 2.75) is 70.8 Å². The van der Waals surface area contributed by atoms with Crippen LogP contribution in [0.5, 0.6) is 0 Å². The lowest BCUT2D eigenvalue weighted by Crippen LogP contribution is -2.06. The van der Waals surface area contributed by atoms with Crippen LogP contribution >= 0.6 is 11.3 Å².